The molecule has 0 unspecified atom stereocenters. The number of carbonyl (C=O) groups is 4. The SMILES string of the molecule is O=C(/C=C/c1ccccc1OC(=O)c1ccc([N+](=O)[O-])cc1)NNC(=O)c1ccc(NC(=O)c2ccccc2)cc1. The van der Waals surface area contributed by atoms with Crippen molar-refractivity contribution in [2.75, 3.05) is 5.32 Å². The number of hydrogen-bond donors (Lipinski definition) is 3. The summed E-state index contributed by atoms with van der Waals surface area (Å²) < 4.78 is 5.39. The quantitative estimate of drug-likeness (QED) is 0.0956. The van der Waals surface area contributed by atoms with Crippen LogP contribution in [0.2, 0.25) is 0 Å². The lowest BCUT2D eigenvalue weighted by Gasteiger charge is -2.08. The molecule has 11 heteroatoms. The van der Waals surface area contributed by atoms with Crippen molar-refractivity contribution in [2.24, 2.45) is 0 Å². The molecule has 0 saturated carbocycles. The Morgan fingerprint density at radius 3 is 1.98 bits per heavy atom. The monoisotopic (exact) mass is 550 g/mol. The third-order valence-electron chi connectivity index (χ3n) is 5.59. The number of non-ortho nitro benzene ring substituents is 1. The summed E-state index contributed by atoms with van der Waals surface area (Å²) in [6, 6.07) is 26.2. The first-order valence-electron chi connectivity index (χ1n) is 12.1. The van der Waals surface area contributed by atoms with Crippen molar-refractivity contribution < 1.29 is 28.8 Å². The summed E-state index contributed by atoms with van der Waals surface area (Å²) in [5, 5.41) is 13.5. The largest absolute Gasteiger partial charge is 0.422 e. The van der Waals surface area contributed by atoms with E-state index in [2.05, 4.69) is 16.2 Å². The summed E-state index contributed by atoms with van der Waals surface area (Å²) >= 11 is 0. The van der Waals surface area contributed by atoms with Crippen LogP contribution in [0.4, 0.5) is 11.4 Å². The van der Waals surface area contributed by atoms with Gasteiger partial charge in [-0.25, -0.2) is 4.79 Å². The van der Waals surface area contributed by atoms with Crippen LogP contribution in [-0.2, 0) is 4.79 Å². The molecule has 0 aliphatic rings. The summed E-state index contributed by atoms with van der Waals surface area (Å²) in [6.07, 6.45) is 2.53. The number of rotatable bonds is 8. The lowest BCUT2D eigenvalue weighted by molar-refractivity contribution is -0.384. The number of nitro benzene ring substituents is 1. The van der Waals surface area contributed by atoms with Gasteiger partial charge in [0, 0.05) is 40.6 Å². The van der Waals surface area contributed by atoms with E-state index >= 15 is 0 Å². The van der Waals surface area contributed by atoms with Gasteiger partial charge in [0.25, 0.3) is 23.4 Å². The molecule has 4 rings (SSSR count). The second-order valence-electron chi connectivity index (χ2n) is 8.41. The lowest BCUT2D eigenvalue weighted by Crippen LogP contribution is -2.40. The van der Waals surface area contributed by atoms with Gasteiger partial charge in [0.1, 0.15) is 5.75 Å². The van der Waals surface area contributed by atoms with Crippen molar-refractivity contribution in [2.45, 2.75) is 0 Å². The molecule has 204 valence electrons. The zero-order valence-corrected chi connectivity index (χ0v) is 21.3. The highest BCUT2D eigenvalue weighted by molar-refractivity contribution is 6.04. The van der Waals surface area contributed by atoms with Gasteiger partial charge in [-0.3, -0.25) is 35.3 Å². The van der Waals surface area contributed by atoms with Crippen LogP contribution in [-0.4, -0.2) is 28.6 Å². The van der Waals surface area contributed by atoms with Crippen LogP contribution < -0.4 is 20.9 Å². The van der Waals surface area contributed by atoms with Gasteiger partial charge in [-0.05, 0) is 60.7 Å². The zero-order chi connectivity index (χ0) is 29.2. The fourth-order valence-electron chi connectivity index (χ4n) is 3.48. The van der Waals surface area contributed by atoms with Gasteiger partial charge in [-0.1, -0.05) is 36.4 Å². The molecule has 0 aliphatic carbocycles. The van der Waals surface area contributed by atoms with Gasteiger partial charge in [-0.2, -0.15) is 0 Å². The number of para-hydroxylation sites is 1. The molecular formula is C30H22N4O7. The Morgan fingerprint density at radius 1 is 0.683 bits per heavy atom. The fraction of sp³-hybridized carbons (Fsp3) is 0. The summed E-state index contributed by atoms with van der Waals surface area (Å²) in [5.74, 6) is -2.09. The third-order valence-corrected chi connectivity index (χ3v) is 5.59. The van der Waals surface area contributed by atoms with E-state index in [1.807, 2.05) is 0 Å². The molecule has 0 aliphatic heterocycles. The highest BCUT2D eigenvalue weighted by Crippen LogP contribution is 2.21. The minimum atomic E-state index is -0.733. The number of amides is 3. The highest BCUT2D eigenvalue weighted by Gasteiger charge is 2.13. The molecule has 4 aromatic carbocycles. The maximum Gasteiger partial charge on any atom is 0.343 e. The molecule has 0 aromatic heterocycles. The molecule has 41 heavy (non-hydrogen) atoms. The Bertz CT molecular complexity index is 1620. The van der Waals surface area contributed by atoms with Crippen LogP contribution in [0.1, 0.15) is 36.6 Å². The Balaban J connectivity index is 1.30. The van der Waals surface area contributed by atoms with Gasteiger partial charge in [0.15, 0.2) is 0 Å². The second kappa shape index (κ2) is 13.1. The van der Waals surface area contributed by atoms with E-state index in [0.29, 0.717) is 16.8 Å². The smallest absolute Gasteiger partial charge is 0.343 e. The van der Waals surface area contributed by atoms with E-state index < -0.39 is 22.7 Å². The number of carbonyl (C=O) groups excluding carboxylic acids is 4. The van der Waals surface area contributed by atoms with E-state index in [0.717, 1.165) is 6.08 Å². The predicted octanol–water partition coefficient (Wildman–Crippen LogP) is 4.54. The highest BCUT2D eigenvalue weighted by atomic mass is 16.6. The van der Waals surface area contributed by atoms with E-state index in [9.17, 15) is 29.3 Å². The molecule has 0 atom stereocenters. The number of hydrazine groups is 1. The summed E-state index contributed by atoms with van der Waals surface area (Å²) in [4.78, 5) is 59.6. The Hall–Kier alpha value is -6.10. The Labute approximate surface area is 233 Å². The normalized spacial score (nSPS) is 10.4. The van der Waals surface area contributed by atoms with Crippen LogP contribution >= 0.6 is 0 Å². The number of esters is 1. The maximum absolute atomic E-state index is 12.5. The summed E-state index contributed by atoms with van der Waals surface area (Å²) in [6.45, 7) is 0. The molecule has 3 N–H and O–H groups in total. The lowest BCUT2D eigenvalue weighted by atomic mass is 10.1. The molecule has 0 spiro atoms. The summed E-state index contributed by atoms with van der Waals surface area (Å²) in [7, 11) is 0. The van der Waals surface area contributed by atoms with Gasteiger partial charge in [-0.15, -0.1) is 0 Å². The van der Waals surface area contributed by atoms with Crippen LogP contribution in [0.25, 0.3) is 6.08 Å². The first kappa shape index (κ1) is 27.9. The van der Waals surface area contributed by atoms with Crippen LogP contribution in [0.3, 0.4) is 0 Å². The number of nitrogens with one attached hydrogen (secondary N) is 3. The second-order valence-corrected chi connectivity index (χ2v) is 8.41. The Kier molecular flexibility index (Phi) is 8.93. The molecular weight excluding hydrogens is 528 g/mol. The van der Waals surface area contributed by atoms with E-state index in [1.54, 1.807) is 60.7 Å². The number of nitro groups is 1. The van der Waals surface area contributed by atoms with Crippen molar-refractivity contribution in [1.29, 1.82) is 0 Å². The zero-order valence-electron chi connectivity index (χ0n) is 21.3. The Morgan fingerprint density at radius 2 is 1.29 bits per heavy atom. The molecule has 0 fully saturated rings. The molecule has 3 amide bonds. The van der Waals surface area contributed by atoms with E-state index in [1.165, 1.54) is 48.5 Å². The predicted molar refractivity (Wildman–Crippen MR) is 150 cm³/mol. The average Bonchev–Trinajstić information content (AvgIpc) is 3.00. The topological polar surface area (TPSA) is 157 Å². The van der Waals surface area contributed by atoms with E-state index in [4.69, 9.17) is 4.74 Å². The minimum absolute atomic E-state index is 0.112. The number of ether oxygens (including phenoxy) is 1. The van der Waals surface area contributed by atoms with Crippen molar-refractivity contribution in [3.05, 3.63) is 142 Å². The molecule has 11 nitrogen and oxygen atoms in total. The number of benzene rings is 4. The molecule has 0 radical (unpaired) electrons. The molecule has 0 heterocycles. The molecule has 4 aromatic rings. The van der Waals surface area contributed by atoms with Crippen LogP contribution in [0, 0.1) is 10.1 Å². The maximum atomic E-state index is 12.5. The molecule has 0 saturated heterocycles. The van der Waals surface area contributed by atoms with Gasteiger partial charge >= 0.3 is 5.97 Å². The summed E-state index contributed by atoms with van der Waals surface area (Å²) in [5.41, 5.74) is 6.14. The molecule has 0 bridgehead atoms. The average molecular weight is 551 g/mol. The number of hydrogen-bond acceptors (Lipinski definition) is 7. The van der Waals surface area contributed by atoms with Crippen LogP contribution in [0.5, 0.6) is 5.75 Å². The van der Waals surface area contributed by atoms with Gasteiger partial charge < -0.3 is 10.1 Å². The van der Waals surface area contributed by atoms with Crippen molar-refractivity contribution in [3.63, 3.8) is 0 Å². The standard InChI is InChI=1S/C30H22N4O7/c35-27(32-33-29(37)22-10-15-24(16-11-22)31-28(36)21-7-2-1-3-8-21)19-14-20-6-4-5-9-26(20)41-30(38)23-12-17-25(18-13-23)34(39)40/h1-19H,(H,31,36)(H,32,35)(H,33,37)/b19-14+. The van der Waals surface area contributed by atoms with E-state index in [-0.39, 0.29) is 28.5 Å². The fourth-order valence-corrected chi connectivity index (χ4v) is 3.48. The first-order valence-corrected chi connectivity index (χ1v) is 12.1. The van der Waals surface area contributed by atoms with Gasteiger partial charge in [0.05, 0.1) is 10.5 Å². The van der Waals surface area contributed by atoms with Crippen molar-refractivity contribution >= 4 is 41.1 Å². The number of nitrogens with zero attached hydrogens (tertiary/aromatic N) is 1. The first-order chi connectivity index (χ1) is 19.8. The van der Waals surface area contributed by atoms with Crippen LogP contribution in [0.15, 0.2) is 109 Å². The number of anilines is 1. The minimum Gasteiger partial charge on any atom is -0.422 e. The van der Waals surface area contributed by atoms with Crippen molar-refractivity contribution in [3.8, 4) is 5.75 Å². The third kappa shape index (κ3) is 7.71. The van der Waals surface area contributed by atoms with Crippen molar-refractivity contribution in [1.82, 2.24) is 10.9 Å². The van der Waals surface area contributed by atoms with Gasteiger partial charge in [0.2, 0.25) is 0 Å².